The Hall–Kier alpha value is -5.90. The van der Waals surface area contributed by atoms with Crippen molar-refractivity contribution in [1.29, 1.82) is 0 Å². The molecular formula is C38H33N3O7. The van der Waals surface area contributed by atoms with E-state index in [1.54, 1.807) is 41.3 Å². The van der Waals surface area contributed by atoms with Gasteiger partial charge in [0.05, 0.1) is 5.56 Å². The molecule has 3 aromatic carbocycles. The van der Waals surface area contributed by atoms with E-state index in [2.05, 4.69) is 23.6 Å². The van der Waals surface area contributed by atoms with Gasteiger partial charge in [-0.25, -0.2) is 9.59 Å². The fourth-order valence-electron chi connectivity index (χ4n) is 6.61. The number of nitrogens with zero attached hydrogens (tertiary/aromatic N) is 3. The number of piperazine rings is 1. The molecule has 0 spiro atoms. The Kier molecular flexibility index (Phi) is 7.92. The summed E-state index contributed by atoms with van der Waals surface area (Å²) in [7, 11) is 0. The van der Waals surface area contributed by atoms with Gasteiger partial charge in [0.15, 0.2) is 5.43 Å². The van der Waals surface area contributed by atoms with Gasteiger partial charge in [-0.1, -0.05) is 18.2 Å². The number of anilines is 2. The first-order valence-corrected chi connectivity index (χ1v) is 16.0. The molecule has 10 nitrogen and oxygen atoms in total. The molecule has 4 aromatic rings. The van der Waals surface area contributed by atoms with Crippen molar-refractivity contribution in [3.05, 3.63) is 117 Å². The summed E-state index contributed by atoms with van der Waals surface area (Å²) in [4.78, 5) is 56.8. The van der Waals surface area contributed by atoms with Crippen LogP contribution in [-0.2, 0) is 0 Å². The van der Waals surface area contributed by atoms with Crippen molar-refractivity contribution in [1.82, 2.24) is 4.90 Å². The van der Waals surface area contributed by atoms with Crippen molar-refractivity contribution in [2.45, 2.75) is 13.8 Å². The van der Waals surface area contributed by atoms with E-state index in [0.717, 1.165) is 24.5 Å². The Morgan fingerprint density at radius 2 is 1.54 bits per heavy atom. The van der Waals surface area contributed by atoms with Crippen molar-refractivity contribution in [2.75, 3.05) is 49.1 Å². The van der Waals surface area contributed by atoms with E-state index in [1.807, 2.05) is 36.4 Å². The lowest BCUT2D eigenvalue weighted by molar-refractivity contribution is 0.0696. The topological polar surface area (TPSA) is 125 Å². The van der Waals surface area contributed by atoms with Crippen LogP contribution in [0.25, 0.3) is 44.4 Å². The molecule has 0 radical (unpaired) electrons. The molecule has 2 aliphatic heterocycles. The SMILES string of the molecule is CCN(CC)c1ccc2cc(C(=O)N3CCN(c4ccc5c(-c6ccccc6C(=O)O)c6ccc(=O)cc-6oc5c4)CC3)c(=O)oc2c1. The van der Waals surface area contributed by atoms with E-state index in [9.17, 15) is 24.3 Å². The van der Waals surface area contributed by atoms with Gasteiger partial charge in [0, 0.05) is 90.7 Å². The number of hydrogen-bond acceptors (Lipinski definition) is 8. The molecule has 1 aromatic heterocycles. The molecule has 0 atom stereocenters. The quantitative estimate of drug-likeness (QED) is 0.160. The molecule has 0 bridgehead atoms. The number of carbonyl (C=O) groups is 2. The maximum Gasteiger partial charge on any atom is 0.349 e. The fraction of sp³-hybridized carbons (Fsp3) is 0.211. The molecular weight excluding hydrogens is 610 g/mol. The second kappa shape index (κ2) is 12.4. The highest BCUT2D eigenvalue weighted by Gasteiger charge is 2.27. The molecule has 7 rings (SSSR count). The van der Waals surface area contributed by atoms with Gasteiger partial charge in [-0.15, -0.1) is 0 Å². The van der Waals surface area contributed by atoms with Gasteiger partial charge in [0.2, 0.25) is 0 Å². The predicted octanol–water partition coefficient (Wildman–Crippen LogP) is 6.18. The molecule has 1 fully saturated rings. The van der Waals surface area contributed by atoms with Crippen LogP contribution in [-0.4, -0.2) is 61.2 Å². The Bertz CT molecular complexity index is 2300. The van der Waals surface area contributed by atoms with Crippen LogP contribution in [0.3, 0.4) is 0 Å². The minimum atomic E-state index is -1.05. The Balaban J connectivity index is 1.16. The van der Waals surface area contributed by atoms with Gasteiger partial charge >= 0.3 is 11.6 Å². The number of carboxylic acids is 1. The van der Waals surface area contributed by atoms with Gasteiger partial charge in [-0.3, -0.25) is 9.59 Å². The lowest BCUT2D eigenvalue weighted by Gasteiger charge is -2.36. The van der Waals surface area contributed by atoms with Crippen LogP contribution in [0.15, 0.2) is 103 Å². The molecule has 242 valence electrons. The Morgan fingerprint density at radius 3 is 2.29 bits per heavy atom. The van der Waals surface area contributed by atoms with Crippen LogP contribution in [0.2, 0.25) is 0 Å². The molecule has 48 heavy (non-hydrogen) atoms. The zero-order valence-corrected chi connectivity index (χ0v) is 26.6. The van der Waals surface area contributed by atoms with Crippen LogP contribution >= 0.6 is 0 Å². The van der Waals surface area contributed by atoms with Crippen LogP contribution < -0.4 is 20.9 Å². The highest BCUT2D eigenvalue weighted by atomic mass is 16.4. The normalized spacial score (nSPS) is 13.4. The zero-order chi connectivity index (χ0) is 33.5. The largest absolute Gasteiger partial charge is 0.478 e. The van der Waals surface area contributed by atoms with Crippen molar-refractivity contribution in [3.63, 3.8) is 0 Å². The standard InChI is InChI=1S/C38H33N3O7/c1-3-39(4-2)24-10-9-23-19-31(38(46)48-32(23)20-24)36(43)41-17-15-40(16-18-41)25-11-13-29-33(21-25)47-34-22-26(42)12-14-30(34)35(29)27-7-5-6-8-28(27)37(44)45/h5-14,19-22H,3-4,15-18H2,1-2H3,(H,44,45). The lowest BCUT2D eigenvalue weighted by Crippen LogP contribution is -2.49. The van der Waals surface area contributed by atoms with E-state index in [4.69, 9.17) is 8.83 Å². The maximum absolute atomic E-state index is 13.5. The number of benzene rings is 4. The first kappa shape index (κ1) is 30.7. The molecule has 1 amide bonds. The molecule has 0 unspecified atom stereocenters. The van der Waals surface area contributed by atoms with Crippen molar-refractivity contribution in [3.8, 4) is 22.5 Å². The van der Waals surface area contributed by atoms with Crippen LogP contribution in [0, 0.1) is 0 Å². The second-order valence-corrected chi connectivity index (χ2v) is 11.8. The minimum absolute atomic E-state index is 0.00911. The first-order valence-electron chi connectivity index (χ1n) is 16.0. The van der Waals surface area contributed by atoms with E-state index in [1.165, 1.54) is 12.1 Å². The van der Waals surface area contributed by atoms with Gasteiger partial charge in [-0.2, -0.15) is 0 Å². The summed E-state index contributed by atoms with van der Waals surface area (Å²) in [5, 5.41) is 11.3. The van der Waals surface area contributed by atoms with E-state index in [0.29, 0.717) is 70.6 Å². The van der Waals surface area contributed by atoms with Crippen LogP contribution in [0.4, 0.5) is 11.4 Å². The molecule has 0 saturated carbocycles. The summed E-state index contributed by atoms with van der Waals surface area (Å²) in [5.41, 5.74) is 3.86. The first-order chi connectivity index (χ1) is 23.2. The molecule has 10 heteroatoms. The molecule has 1 aliphatic carbocycles. The summed E-state index contributed by atoms with van der Waals surface area (Å²) in [6.45, 7) is 7.57. The summed E-state index contributed by atoms with van der Waals surface area (Å²) in [5.74, 6) is -1.06. The van der Waals surface area contributed by atoms with Gasteiger partial charge < -0.3 is 28.6 Å². The Labute approximate surface area is 275 Å². The third-order valence-electron chi connectivity index (χ3n) is 9.11. The number of rotatable bonds is 7. The van der Waals surface area contributed by atoms with Gasteiger partial charge in [0.1, 0.15) is 22.5 Å². The van der Waals surface area contributed by atoms with Crippen LogP contribution in [0.5, 0.6) is 0 Å². The number of aromatic carboxylic acids is 1. The third kappa shape index (κ3) is 5.45. The van der Waals surface area contributed by atoms with E-state index in [-0.39, 0.29) is 22.5 Å². The average molecular weight is 644 g/mol. The summed E-state index contributed by atoms with van der Waals surface area (Å²) < 4.78 is 11.8. The summed E-state index contributed by atoms with van der Waals surface area (Å²) in [6, 6.07) is 24.3. The highest BCUT2D eigenvalue weighted by Crippen LogP contribution is 2.42. The number of carboxylic acid groups (broad SMARTS) is 1. The fourth-order valence-corrected chi connectivity index (χ4v) is 6.61. The van der Waals surface area contributed by atoms with E-state index < -0.39 is 11.6 Å². The van der Waals surface area contributed by atoms with Crippen molar-refractivity contribution < 1.29 is 23.5 Å². The number of fused-ring (bicyclic) bond motifs is 3. The second-order valence-electron chi connectivity index (χ2n) is 11.8. The molecule has 3 heterocycles. The average Bonchev–Trinajstić information content (AvgIpc) is 3.10. The monoisotopic (exact) mass is 643 g/mol. The summed E-state index contributed by atoms with van der Waals surface area (Å²) in [6.07, 6.45) is 0. The molecule has 3 aliphatic rings. The van der Waals surface area contributed by atoms with Crippen molar-refractivity contribution >= 4 is 45.2 Å². The minimum Gasteiger partial charge on any atom is -0.478 e. The summed E-state index contributed by atoms with van der Waals surface area (Å²) >= 11 is 0. The highest BCUT2D eigenvalue weighted by molar-refractivity contribution is 6.08. The lowest BCUT2D eigenvalue weighted by atomic mass is 9.90. The Morgan fingerprint density at radius 1 is 0.771 bits per heavy atom. The van der Waals surface area contributed by atoms with Crippen LogP contribution in [0.1, 0.15) is 34.6 Å². The van der Waals surface area contributed by atoms with E-state index >= 15 is 0 Å². The smallest absolute Gasteiger partial charge is 0.349 e. The van der Waals surface area contributed by atoms with Gasteiger partial charge in [0.25, 0.3) is 5.91 Å². The number of amides is 1. The third-order valence-corrected chi connectivity index (χ3v) is 9.11. The number of hydrogen-bond donors (Lipinski definition) is 1. The molecule has 1 N–H and O–H groups in total. The molecule has 1 saturated heterocycles. The van der Waals surface area contributed by atoms with Gasteiger partial charge in [-0.05, 0) is 67.9 Å². The zero-order valence-electron chi connectivity index (χ0n) is 26.6. The predicted molar refractivity (Wildman–Crippen MR) is 186 cm³/mol. The van der Waals surface area contributed by atoms with Crippen molar-refractivity contribution in [2.24, 2.45) is 0 Å². The maximum atomic E-state index is 13.5. The number of carbonyl (C=O) groups excluding carboxylic acids is 1.